The first kappa shape index (κ1) is 14.1. The van der Waals surface area contributed by atoms with E-state index in [0.29, 0.717) is 11.6 Å². The van der Waals surface area contributed by atoms with E-state index < -0.39 is 0 Å². The highest BCUT2D eigenvalue weighted by Crippen LogP contribution is 2.23. The van der Waals surface area contributed by atoms with E-state index in [4.69, 9.17) is 17.2 Å². The lowest BCUT2D eigenvalue weighted by molar-refractivity contribution is 0.821. The molecule has 1 aromatic heterocycles. The molecule has 0 aliphatic rings. The molecule has 0 spiro atoms. The van der Waals surface area contributed by atoms with Crippen molar-refractivity contribution in [1.29, 1.82) is 0 Å². The third kappa shape index (κ3) is 2.79. The molecule has 3 aromatic rings. The van der Waals surface area contributed by atoms with E-state index >= 15 is 0 Å². The molecule has 0 amide bonds. The second-order valence-electron chi connectivity index (χ2n) is 5.32. The molecular formula is C17H19N5. The average molecular weight is 293 g/mol. The third-order valence-corrected chi connectivity index (χ3v) is 3.84. The van der Waals surface area contributed by atoms with Gasteiger partial charge in [0.15, 0.2) is 0 Å². The van der Waals surface area contributed by atoms with Crippen LogP contribution in [0.15, 0.2) is 42.5 Å². The van der Waals surface area contributed by atoms with Crippen molar-refractivity contribution >= 4 is 28.4 Å². The molecule has 0 unspecified atom stereocenters. The number of benzene rings is 2. The lowest BCUT2D eigenvalue weighted by atomic mass is 9.99. The number of fused-ring (bicyclic) bond motifs is 1. The van der Waals surface area contributed by atoms with Crippen LogP contribution in [0.2, 0.25) is 0 Å². The van der Waals surface area contributed by atoms with E-state index in [2.05, 4.69) is 52.4 Å². The van der Waals surface area contributed by atoms with Gasteiger partial charge in [0.05, 0.1) is 0 Å². The number of hydrogen-bond acceptors (Lipinski definition) is 5. The van der Waals surface area contributed by atoms with Gasteiger partial charge in [-0.15, -0.1) is 0 Å². The van der Waals surface area contributed by atoms with E-state index in [1.54, 1.807) is 0 Å². The summed E-state index contributed by atoms with van der Waals surface area (Å²) in [5, 5.41) is 2.55. The predicted octanol–water partition coefficient (Wildman–Crippen LogP) is 2.55. The van der Waals surface area contributed by atoms with E-state index in [-0.39, 0.29) is 5.95 Å². The number of hydrogen-bond donors (Lipinski definition) is 3. The van der Waals surface area contributed by atoms with Crippen molar-refractivity contribution in [2.24, 2.45) is 0 Å². The SMILES string of the molecule is Nc1nc(N)c(CCCc2cccc3ccccc23)c(N)n1. The summed E-state index contributed by atoms with van der Waals surface area (Å²) in [6, 6.07) is 14.8. The molecule has 6 N–H and O–H groups in total. The lowest BCUT2D eigenvalue weighted by Gasteiger charge is -2.09. The fourth-order valence-electron chi connectivity index (χ4n) is 2.76. The van der Waals surface area contributed by atoms with Gasteiger partial charge in [0, 0.05) is 5.56 Å². The van der Waals surface area contributed by atoms with Gasteiger partial charge in [0.2, 0.25) is 5.95 Å². The summed E-state index contributed by atoms with van der Waals surface area (Å²) in [5.74, 6) is 0.874. The van der Waals surface area contributed by atoms with Crippen LogP contribution in [-0.4, -0.2) is 9.97 Å². The zero-order valence-electron chi connectivity index (χ0n) is 12.3. The summed E-state index contributed by atoms with van der Waals surface area (Å²) in [6.45, 7) is 0. The fraction of sp³-hybridized carbons (Fsp3) is 0.176. The Kier molecular flexibility index (Phi) is 3.78. The number of nitrogens with zero attached hydrogens (tertiary/aromatic N) is 2. The molecule has 0 aliphatic carbocycles. The average Bonchev–Trinajstić information content (AvgIpc) is 2.50. The largest absolute Gasteiger partial charge is 0.383 e. The van der Waals surface area contributed by atoms with Gasteiger partial charge < -0.3 is 17.2 Å². The van der Waals surface area contributed by atoms with Crippen LogP contribution in [0.1, 0.15) is 17.5 Å². The van der Waals surface area contributed by atoms with Gasteiger partial charge in [-0.2, -0.15) is 9.97 Å². The Labute approximate surface area is 129 Å². The van der Waals surface area contributed by atoms with Crippen molar-refractivity contribution in [3.05, 3.63) is 53.6 Å². The van der Waals surface area contributed by atoms with Crippen LogP contribution in [0.4, 0.5) is 17.6 Å². The van der Waals surface area contributed by atoms with Crippen LogP contribution in [0.25, 0.3) is 10.8 Å². The molecule has 0 bridgehead atoms. The quantitative estimate of drug-likeness (QED) is 0.685. The summed E-state index contributed by atoms with van der Waals surface area (Å²) in [4.78, 5) is 7.95. The molecular weight excluding hydrogens is 274 g/mol. The molecule has 0 radical (unpaired) electrons. The van der Waals surface area contributed by atoms with Gasteiger partial charge in [0.25, 0.3) is 0 Å². The Morgan fingerprint density at radius 2 is 1.45 bits per heavy atom. The zero-order chi connectivity index (χ0) is 15.5. The first-order chi connectivity index (χ1) is 10.6. The molecule has 0 atom stereocenters. The number of nitrogens with two attached hydrogens (primary N) is 3. The summed E-state index contributed by atoms with van der Waals surface area (Å²) in [6.07, 6.45) is 2.61. The normalized spacial score (nSPS) is 10.9. The summed E-state index contributed by atoms with van der Waals surface area (Å²) < 4.78 is 0. The first-order valence-corrected chi connectivity index (χ1v) is 7.29. The molecule has 5 nitrogen and oxygen atoms in total. The smallest absolute Gasteiger partial charge is 0.223 e. The monoisotopic (exact) mass is 293 g/mol. The second kappa shape index (κ2) is 5.89. The van der Waals surface area contributed by atoms with Crippen LogP contribution in [0, 0.1) is 0 Å². The van der Waals surface area contributed by atoms with E-state index in [1.807, 2.05) is 0 Å². The predicted molar refractivity (Wildman–Crippen MR) is 91.2 cm³/mol. The van der Waals surface area contributed by atoms with Crippen molar-refractivity contribution in [2.75, 3.05) is 17.2 Å². The number of aryl methyl sites for hydroxylation is 1. The number of anilines is 3. The highest BCUT2D eigenvalue weighted by Gasteiger charge is 2.09. The second-order valence-corrected chi connectivity index (χ2v) is 5.32. The maximum atomic E-state index is 5.88. The van der Waals surface area contributed by atoms with Crippen molar-refractivity contribution in [2.45, 2.75) is 19.3 Å². The lowest BCUT2D eigenvalue weighted by Crippen LogP contribution is -2.09. The van der Waals surface area contributed by atoms with E-state index in [9.17, 15) is 0 Å². The fourth-order valence-corrected chi connectivity index (χ4v) is 2.76. The summed E-state index contributed by atoms with van der Waals surface area (Å²) in [5.41, 5.74) is 19.4. The maximum absolute atomic E-state index is 5.88. The molecule has 22 heavy (non-hydrogen) atoms. The summed E-state index contributed by atoms with van der Waals surface area (Å²) >= 11 is 0. The van der Waals surface area contributed by atoms with Gasteiger partial charge in [-0.1, -0.05) is 42.5 Å². The van der Waals surface area contributed by atoms with E-state index in [1.165, 1.54) is 16.3 Å². The molecule has 0 aliphatic heterocycles. The Morgan fingerprint density at radius 3 is 2.23 bits per heavy atom. The van der Waals surface area contributed by atoms with Gasteiger partial charge >= 0.3 is 0 Å². The molecule has 0 saturated heterocycles. The van der Waals surface area contributed by atoms with Crippen molar-refractivity contribution < 1.29 is 0 Å². The molecule has 0 saturated carbocycles. The van der Waals surface area contributed by atoms with Crippen molar-refractivity contribution in [3.63, 3.8) is 0 Å². The summed E-state index contributed by atoms with van der Waals surface area (Å²) in [7, 11) is 0. The zero-order valence-corrected chi connectivity index (χ0v) is 12.3. The van der Waals surface area contributed by atoms with Gasteiger partial charge in [0.1, 0.15) is 11.6 Å². The van der Waals surface area contributed by atoms with Crippen LogP contribution in [-0.2, 0) is 12.8 Å². The maximum Gasteiger partial charge on any atom is 0.223 e. The van der Waals surface area contributed by atoms with E-state index in [0.717, 1.165) is 24.8 Å². The van der Waals surface area contributed by atoms with Gasteiger partial charge in [-0.05, 0) is 35.6 Å². The molecule has 1 heterocycles. The molecule has 3 rings (SSSR count). The van der Waals surface area contributed by atoms with Crippen LogP contribution in [0.3, 0.4) is 0 Å². The van der Waals surface area contributed by atoms with Gasteiger partial charge in [-0.3, -0.25) is 0 Å². The first-order valence-electron chi connectivity index (χ1n) is 7.29. The standard InChI is InChI=1S/C17H19N5/c18-15-14(16(19)22-17(20)21-15)10-4-8-12-7-3-6-11-5-1-2-9-13(11)12/h1-3,5-7,9H,4,8,10H2,(H6,18,19,20,21,22). The van der Waals surface area contributed by atoms with Gasteiger partial charge in [-0.25, -0.2) is 0 Å². The van der Waals surface area contributed by atoms with Crippen LogP contribution < -0.4 is 17.2 Å². The Balaban J connectivity index is 1.76. The Morgan fingerprint density at radius 1 is 0.773 bits per heavy atom. The topological polar surface area (TPSA) is 104 Å². The molecule has 0 fully saturated rings. The minimum atomic E-state index is 0.118. The van der Waals surface area contributed by atoms with Crippen molar-refractivity contribution in [3.8, 4) is 0 Å². The number of rotatable bonds is 4. The van der Waals surface area contributed by atoms with Crippen LogP contribution >= 0.6 is 0 Å². The number of aromatic nitrogens is 2. The minimum absolute atomic E-state index is 0.118. The Hall–Kier alpha value is -2.82. The Bertz CT molecular complexity index is 785. The molecule has 5 heteroatoms. The third-order valence-electron chi connectivity index (χ3n) is 3.84. The van der Waals surface area contributed by atoms with Crippen LogP contribution in [0.5, 0.6) is 0 Å². The highest BCUT2D eigenvalue weighted by atomic mass is 15.1. The molecule has 2 aromatic carbocycles. The van der Waals surface area contributed by atoms with Crippen molar-refractivity contribution in [1.82, 2.24) is 9.97 Å². The number of nitrogen functional groups attached to an aromatic ring is 3. The highest BCUT2D eigenvalue weighted by molar-refractivity contribution is 5.85. The minimum Gasteiger partial charge on any atom is -0.383 e. The molecule has 112 valence electrons.